The smallest absolute Gasteiger partial charge is 0.460 e. The topological polar surface area (TPSA) is 66.0 Å². The first-order chi connectivity index (χ1) is 12.3. The molecule has 0 aliphatic carbocycles. The highest BCUT2D eigenvalue weighted by Gasteiger charge is 2.83. The molecule has 1 heterocycles. The molecule has 28 heavy (non-hydrogen) atoms. The highest BCUT2D eigenvalue weighted by Crippen LogP contribution is 2.54. The number of alkyl halides is 9. The van der Waals surface area contributed by atoms with E-state index in [0.29, 0.717) is 0 Å². The molecule has 15 heteroatoms. The van der Waals surface area contributed by atoms with Crippen LogP contribution in [0.1, 0.15) is 26.2 Å². The van der Waals surface area contributed by atoms with Gasteiger partial charge in [-0.25, -0.2) is 17.6 Å². The van der Waals surface area contributed by atoms with E-state index in [-0.39, 0.29) is 0 Å². The lowest BCUT2D eigenvalue weighted by Gasteiger charge is -2.34. The van der Waals surface area contributed by atoms with Gasteiger partial charge in [0, 0.05) is 0 Å². The van der Waals surface area contributed by atoms with Crippen molar-refractivity contribution in [2.24, 2.45) is 7.05 Å². The van der Waals surface area contributed by atoms with Crippen molar-refractivity contribution in [3.8, 4) is 0 Å². The van der Waals surface area contributed by atoms with E-state index in [2.05, 4.69) is 41.8 Å². The molecule has 0 radical (unpaired) electrons. The van der Waals surface area contributed by atoms with Gasteiger partial charge in [0.05, 0.1) is 13.6 Å². The van der Waals surface area contributed by atoms with Crippen LogP contribution in [-0.2, 0) is 23.7 Å². The van der Waals surface area contributed by atoms with Gasteiger partial charge >= 0.3 is 23.3 Å². The summed E-state index contributed by atoms with van der Waals surface area (Å²) in [5.41, 5.74) is 0. The number of aromatic nitrogens is 2. The normalized spacial score (nSPS) is 13.9. The zero-order valence-electron chi connectivity index (χ0n) is 14.5. The summed E-state index contributed by atoms with van der Waals surface area (Å²) in [7, 11) is -5.36. The second-order valence-electron chi connectivity index (χ2n) is 5.64. The molecule has 0 saturated heterocycles. The second-order valence-corrected chi connectivity index (χ2v) is 7.06. The standard InChI is InChI=1S/C9H17N2.C4HF9O3S/c1-3-4-5-6-11-8-7-10(2)9-11;5-1(6,3(9,10)11)2(7,8)4(12,13)17(14,15)16/h7-9H,3-6H2,1-2H3;(H,14,15,16)/q+1;/p-1. The Kier molecular flexibility index (Phi) is 8.40. The number of imidazole rings is 1. The fourth-order valence-electron chi connectivity index (χ4n) is 1.70. The van der Waals surface area contributed by atoms with Crippen LogP contribution < -0.4 is 4.57 Å². The first-order valence-corrected chi connectivity index (χ1v) is 8.90. The fourth-order valence-corrected chi connectivity index (χ4v) is 2.14. The van der Waals surface area contributed by atoms with Gasteiger partial charge < -0.3 is 4.55 Å². The number of aryl methyl sites for hydroxylation is 2. The molecule has 0 amide bonds. The quantitative estimate of drug-likeness (QED) is 0.276. The van der Waals surface area contributed by atoms with Gasteiger partial charge in [0.1, 0.15) is 12.4 Å². The minimum atomic E-state index is -7.43. The molecule has 0 bridgehead atoms. The molecule has 1 aromatic heterocycles. The second kappa shape index (κ2) is 8.88. The van der Waals surface area contributed by atoms with Gasteiger partial charge in [0.2, 0.25) is 6.33 Å². The molecular weight excluding hydrogens is 435 g/mol. The summed E-state index contributed by atoms with van der Waals surface area (Å²) in [5, 5.41) is -7.11. The zero-order valence-corrected chi connectivity index (χ0v) is 15.3. The van der Waals surface area contributed by atoms with Crippen LogP contribution in [0.5, 0.6) is 0 Å². The summed E-state index contributed by atoms with van der Waals surface area (Å²) in [6.45, 7) is 3.39. The minimum absolute atomic E-state index is 1.16. The van der Waals surface area contributed by atoms with Crippen molar-refractivity contribution in [2.75, 3.05) is 0 Å². The maximum Gasteiger partial charge on any atom is 0.460 e. The Balaban J connectivity index is 0.000000567. The Morgan fingerprint density at radius 3 is 1.79 bits per heavy atom. The first kappa shape index (κ1) is 26.5. The van der Waals surface area contributed by atoms with E-state index in [1.54, 1.807) is 0 Å². The molecule has 0 aliphatic rings. The van der Waals surface area contributed by atoms with Crippen LogP contribution in [-0.4, -0.2) is 40.8 Å². The molecule has 0 saturated carbocycles. The highest BCUT2D eigenvalue weighted by atomic mass is 32.2. The van der Waals surface area contributed by atoms with Crippen LogP contribution in [0.2, 0.25) is 0 Å². The Bertz CT molecular complexity index is 730. The fraction of sp³-hybridized carbons (Fsp3) is 0.769. The van der Waals surface area contributed by atoms with E-state index in [1.807, 2.05) is 0 Å². The summed E-state index contributed by atoms with van der Waals surface area (Å²) in [4.78, 5) is 0. The van der Waals surface area contributed by atoms with Gasteiger partial charge in [-0.2, -0.15) is 39.5 Å². The van der Waals surface area contributed by atoms with E-state index in [0.717, 1.165) is 6.54 Å². The molecular formula is C13H17F9N2O3S. The zero-order chi connectivity index (χ0) is 22.6. The lowest BCUT2D eigenvalue weighted by molar-refractivity contribution is -0.671. The van der Waals surface area contributed by atoms with Crippen molar-refractivity contribution in [3.05, 3.63) is 18.7 Å². The van der Waals surface area contributed by atoms with Gasteiger partial charge in [-0.3, -0.25) is 0 Å². The summed E-state index contributed by atoms with van der Waals surface area (Å²) in [5.74, 6) is -14.8. The van der Waals surface area contributed by atoms with Crippen LogP contribution in [0.25, 0.3) is 0 Å². The van der Waals surface area contributed by atoms with Crippen molar-refractivity contribution in [1.82, 2.24) is 4.57 Å². The van der Waals surface area contributed by atoms with Gasteiger partial charge in [-0.15, -0.1) is 0 Å². The van der Waals surface area contributed by atoms with Gasteiger partial charge in [-0.1, -0.05) is 13.3 Å². The van der Waals surface area contributed by atoms with E-state index in [9.17, 15) is 52.5 Å². The predicted molar refractivity (Wildman–Crippen MR) is 75.7 cm³/mol. The van der Waals surface area contributed by atoms with Crippen LogP contribution in [0.4, 0.5) is 39.5 Å². The molecule has 0 aliphatic heterocycles. The Morgan fingerprint density at radius 1 is 0.964 bits per heavy atom. The molecule has 5 nitrogen and oxygen atoms in total. The molecule has 0 aromatic carbocycles. The predicted octanol–water partition coefficient (Wildman–Crippen LogP) is 3.46. The molecule has 0 N–H and O–H groups in total. The third-order valence-electron chi connectivity index (χ3n) is 3.27. The summed E-state index contributed by atoms with van der Waals surface area (Å²) in [6.07, 6.45) is 3.09. The van der Waals surface area contributed by atoms with Gasteiger partial charge in [-0.05, 0) is 12.8 Å². The van der Waals surface area contributed by atoms with E-state index in [1.165, 1.54) is 19.3 Å². The molecule has 0 unspecified atom stereocenters. The molecule has 0 spiro atoms. The monoisotopic (exact) mass is 452 g/mol. The molecule has 166 valence electrons. The van der Waals surface area contributed by atoms with E-state index < -0.39 is 33.4 Å². The lowest BCUT2D eigenvalue weighted by atomic mass is 10.1. The van der Waals surface area contributed by atoms with E-state index >= 15 is 0 Å². The van der Waals surface area contributed by atoms with Gasteiger partial charge in [0.15, 0.2) is 10.1 Å². The van der Waals surface area contributed by atoms with Gasteiger partial charge in [0.25, 0.3) is 0 Å². The molecule has 1 rings (SSSR count). The van der Waals surface area contributed by atoms with Crippen molar-refractivity contribution in [1.29, 1.82) is 0 Å². The number of nitrogens with zero attached hydrogens (tertiary/aromatic N) is 2. The number of halogens is 9. The van der Waals surface area contributed by atoms with Crippen molar-refractivity contribution >= 4 is 10.1 Å². The molecule has 1 aromatic rings. The van der Waals surface area contributed by atoms with E-state index in [4.69, 9.17) is 0 Å². The third-order valence-corrected chi connectivity index (χ3v) is 4.16. The largest absolute Gasteiger partial charge is 0.743 e. The SMILES string of the molecule is CCCCCn1cc[n+](C)c1.O=S(=O)([O-])C(F)(F)C(F)(F)C(F)(F)C(F)(F)F. The maximum atomic E-state index is 12.2. The summed E-state index contributed by atoms with van der Waals surface area (Å²) >= 11 is 0. The van der Waals surface area contributed by atoms with Crippen molar-refractivity contribution in [2.45, 2.75) is 56.0 Å². The van der Waals surface area contributed by atoms with Crippen LogP contribution >= 0.6 is 0 Å². The van der Waals surface area contributed by atoms with Crippen LogP contribution in [0, 0.1) is 0 Å². The average Bonchev–Trinajstić information content (AvgIpc) is 2.91. The van der Waals surface area contributed by atoms with Crippen molar-refractivity contribution < 1.29 is 57.1 Å². The number of hydrogen-bond acceptors (Lipinski definition) is 3. The minimum Gasteiger partial charge on any atom is -0.743 e. The summed E-state index contributed by atoms with van der Waals surface area (Å²) in [6, 6.07) is 0. The summed E-state index contributed by atoms with van der Waals surface area (Å²) < 4.78 is 140. The van der Waals surface area contributed by atoms with Crippen LogP contribution in [0.3, 0.4) is 0 Å². The average molecular weight is 452 g/mol. The Hall–Kier alpha value is -1.51. The van der Waals surface area contributed by atoms with Crippen molar-refractivity contribution in [3.63, 3.8) is 0 Å². The maximum absolute atomic E-state index is 12.2. The highest BCUT2D eigenvalue weighted by molar-refractivity contribution is 7.86. The Labute approximate surface area is 154 Å². The molecule has 0 fully saturated rings. The lowest BCUT2D eigenvalue weighted by Crippen LogP contribution is -2.63. The molecule has 0 atom stereocenters. The number of rotatable bonds is 7. The number of unbranched alkanes of at least 4 members (excludes halogenated alkanes) is 2. The van der Waals surface area contributed by atoms with Crippen LogP contribution in [0.15, 0.2) is 18.7 Å². The Morgan fingerprint density at radius 2 is 1.46 bits per heavy atom. The number of hydrogen-bond donors (Lipinski definition) is 0. The third kappa shape index (κ3) is 5.75. The first-order valence-electron chi connectivity index (χ1n) is 7.49.